The molecule has 4 nitrogen and oxygen atoms in total. The van der Waals surface area contributed by atoms with E-state index in [9.17, 15) is 4.79 Å². The zero-order chi connectivity index (χ0) is 13.4. The Balaban J connectivity index is 2.44. The molecule has 1 aromatic rings. The van der Waals surface area contributed by atoms with Crippen molar-refractivity contribution in [1.29, 1.82) is 0 Å². The van der Waals surface area contributed by atoms with Crippen LogP contribution in [-0.2, 0) is 16.0 Å². The van der Waals surface area contributed by atoms with Crippen LogP contribution in [0.1, 0.15) is 45.2 Å². The largest absolute Gasteiger partial charge is 0.469 e. The SMILES string of the molecule is CCCC(CC)Nc1nc(CCC(=O)OC)cs1. The third-order valence-electron chi connectivity index (χ3n) is 2.82. The van der Waals surface area contributed by atoms with Crippen LogP contribution in [0.4, 0.5) is 5.13 Å². The molecule has 0 amide bonds. The van der Waals surface area contributed by atoms with Gasteiger partial charge in [-0.25, -0.2) is 4.98 Å². The monoisotopic (exact) mass is 270 g/mol. The summed E-state index contributed by atoms with van der Waals surface area (Å²) in [5.41, 5.74) is 0.958. The standard InChI is InChI=1S/C13H22N2O2S/c1-4-6-10(5-2)14-13-15-11(9-18-13)7-8-12(16)17-3/h9-10H,4-8H2,1-3H3,(H,14,15). The van der Waals surface area contributed by atoms with E-state index in [1.807, 2.05) is 5.38 Å². The average Bonchev–Trinajstić information content (AvgIpc) is 2.83. The van der Waals surface area contributed by atoms with Gasteiger partial charge < -0.3 is 10.1 Å². The molecule has 0 aliphatic carbocycles. The van der Waals surface area contributed by atoms with E-state index in [1.54, 1.807) is 11.3 Å². The quantitative estimate of drug-likeness (QED) is 0.737. The molecule has 102 valence electrons. The number of aromatic nitrogens is 1. The van der Waals surface area contributed by atoms with Gasteiger partial charge in [0.2, 0.25) is 0 Å². The smallest absolute Gasteiger partial charge is 0.305 e. The van der Waals surface area contributed by atoms with Crippen molar-refractivity contribution < 1.29 is 9.53 Å². The average molecular weight is 270 g/mol. The lowest BCUT2D eigenvalue weighted by atomic mass is 10.1. The highest BCUT2D eigenvalue weighted by Crippen LogP contribution is 2.19. The number of hydrogen-bond donors (Lipinski definition) is 1. The van der Waals surface area contributed by atoms with Gasteiger partial charge in [0.25, 0.3) is 0 Å². The Morgan fingerprint density at radius 2 is 2.33 bits per heavy atom. The summed E-state index contributed by atoms with van der Waals surface area (Å²) in [7, 11) is 1.41. The molecule has 0 fully saturated rings. The Morgan fingerprint density at radius 3 is 2.94 bits per heavy atom. The molecule has 5 heteroatoms. The van der Waals surface area contributed by atoms with Crippen molar-refractivity contribution >= 4 is 22.4 Å². The number of aryl methyl sites for hydroxylation is 1. The van der Waals surface area contributed by atoms with Gasteiger partial charge in [-0.2, -0.15) is 0 Å². The summed E-state index contributed by atoms with van der Waals surface area (Å²) in [6, 6.07) is 0.495. The maximum atomic E-state index is 11.0. The number of nitrogens with zero attached hydrogens (tertiary/aromatic N) is 1. The molecule has 0 saturated carbocycles. The van der Waals surface area contributed by atoms with Crippen LogP contribution in [0, 0.1) is 0 Å². The van der Waals surface area contributed by atoms with Crippen LogP contribution in [0.5, 0.6) is 0 Å². The normalized spacial score (nSPS) is 12.2. The highest BCUT2D eigenvalue weighted by molar-refractivity contribution is 7.13. The predicted molar refractivity (Wildman–Crippen MR) is 75.1 cm³/mol. The fraction of sp³-hybridized carbons (Fsp3) is 0.692. The Labute approximate surface area is 113 Å². The minimum absolute atomic E-state index is 0.185. The zero-order valence-corrected chi connectivity index (χ0v) is 12.2. The van der Waals surface area contributed by atoms with Gasteiger partial charge in [-0.05, 0) is 12.8 Å². The topological polar surface area (TPSA) is 51.2 Å². The van der Waals surface area contributed by atoms with Gasteiger partial charge >= 0.3 is 5.97 Å². The third kappa shape index (κ3) is 5.04. The number of anilines is 1. The van der Waals surface area contributed by atoms with E-state index in [-0.39, 0.29) is 5.97 Å². The summed E-state index contributed by atoms with van der Waals surface area (Å²) < 4.78 is 4.61. The number of rotatable bonds is 8. The summed E-state index contributed by atoms with van der Waals surface area (Å²) in [5, 5.41) is 6.40. The number of thiazole rings is 1. The molecule has 1 N–H and O–H groups in total. The Kier molecular flexibility index (Phi) is 6.72. The van der Waals surface area contributed by atoms with Crippen LogP contribution < -0.4 is 5.32 Å². The van der Waals surface area contributed by atoms with E-state index < -0.39 is 0 Å². The zero-order valence-electron chi connectivity index (χ0n) is 11.4. The molecule has 1 rings (SSSR count). The van der Waals surface area contributed by atoms with Crippen LogP contribution in [0.2, 0.25) is 0 Å². The third-order valence-corrected chi connectivity index (χ3v) is 3.64. The first-order chi connectivity index (χ1) is 8.69. The van der Waals surface area contributed by atoms with E-state index >= 15 is 0 Å². The van der Waals surface area contributed by atoms with E-state index in [4.69, 9.17) is 0 Å². The molecule has 18 heavy (non-hydrogen) atoms. The molecular weight excluding hydrogens is 248 g/mol. The van der Waals surface area contributed by atoms with Crippen LogP contribution in [0.25, 0.3) is 0 Å². The van der Waals surface area contributed by atoms with Crippen molar-refractivity contribution in [1.82, 2.24) is 4.98 Å². The van der Waals surface area contributed by atoms with Gasteiger partial charge in [0.05, 0.1) is 19.2 Å². The van der Waals surface area contributed by atoms with Crippen molar-refractivity contribution in [2.24, 2.45) is 0 Å². The van der Waals surface area contributed by atoms with Crippen LogP contribution >= 0.6 is 11.3 Å². The minimum Gasteiger partial charge on any atom is -0.469 e. The second-order valence-electron chi connectivity index (χ2n) is 4.26. The Bertz CT molecular complexity index is 366. The first kappa shape index (κ1) is 15.0. The van der Waals surface area contributed by atoms with E-state index in [0.29, 0.717) is 18.9 Å². The lowest BCUT2D eigenvalue weighted by Gasteiger charge is -2.14. The highest BCUT2D eigenvalue weighted by atomic mass is 32.1. The molecule has 0 spiro atoms. The van der Waals surface area contributed by atoms with Crippen molar-refractivity contribution in [2.75, 3.05) is 12.4 Å². The molecule has 0 saturated heterocycles. The van der Waals surface area contributed by atoms with E-state index in [0.717, 1.165) is 23.7 Å². The van der Waals surface area contributed by atoms with Crippen molar-refractivity contribution in [2.45, 2.75) is 52.0 Å². The van der Waals surface area contributed by atoms with Gasteiger partial charge in [0.1, 0.15) is 0 Å². The number of nitrogens with one attached hydrogen (secondary N) is 1. The van der Waals surface area contributed by atoms with E-state index in [1.165, 1.54) is 13.5 Å². The summed E-state index contributed by atoms with van der Waals surface area (Å²) in [5.74, 6) is -0.185. The first-order valence-corrected chi connectivity index (χ1v) is 7.35. The highest BCUT2D eigenvalue weighted by Gasteiger charge is 2.09. The summed E-state index contributed by atoms with van der Waals surface area (Å²) in [6.45, 7) is 4.37. The number of ether oxygens (including phenoxy) is 1. The van der Waals surface area contributed by atoms with Crippen molar-refractivity contribution in [3.63, 3.8) is 0 Å². The van der Waals surface area contributed by atoms with Crippen molar-refractivity contribution in [3.8, 4) is 0 Å². The van der Waals surface area contributed by atoms with Gasteiger partial charge in [-0.1, -0.05) is 20.3 Å². The fourth-order valence-corrected chi connectivity index (χ4v) is 2.54. The summed E-state index contributed by atoms with van der Waals surface area (Å²) in [6.07, 6.45) is 4.48. The summed E-state index contributed by atoms with van der Waals surface area (Å²) in [4.78, 5) is 15.5. The maximum absolute atomic E-state index is 11.0. The molecule has 1 aromatic heterocycles. The maximum Gasteiger partial charge on any atom is 0.305 e. The van der Waals surface area contributed by atoms with Crippen molar-refractivity contribution in [3.05, 3.63) is 11.1 Å². The molecular formula is C13H22N2O2S. The van der Waals surface area contributed by atoms with E-state index in [2.05, 4.69) is 28.9 Å². The Morgan fingerprint density at radius 1 is 1.56 bits per heavy atom. The number of hydrogen-bond acceptors (Lipinski definition) is 5. The lowest BCUT2D eigenvalue weighted by Crippen LogP contribution is -2.17. The molecule has 0 aliphatic rings. The lowest BCUT2D eigenvalue weighted by molar-refractivity contribution is -0.140. The number of carbonyl (C=O) groups is 1. The second kappa shape index (κ2) is 8.08. The number of esters is 1. The fourth-order valence-electron chi connectivity index (χ4n) is 1.72. The van der Waals surface area contributed by atoms with Gasteiger partial charge in [0, 0.05) is 17.8 Å². The molecule has 0 bridgehead atoms. The van der Waals surface area contributed by atoms with Gasteiger partial charge in [0.15, 0.2) is 5.13 Å². The molecule has 0 aliphatic heterocycles. The molecule has 1 heterocycles. The van der Waals surface area contributed by atoms with Crippen LogP contribution in [-0.4, -0.2) is 24.1 Å². The van der Waals surface area contributed by atoms with Crippen LogP contribution in [0.15, 0.2) is 5.38 Å². The number of carbonyl (C=O) groups excluding carboxylic acids is 1. The molecule has 0 aromatic carbocycles. The number of methoxy groups -OCH3 is 1. The van der Waals surface area contributed by atoms with Crippen LogP contribution in [0.3, 0.4) is 0 Å². The minimum atomic E-state index is -0.185. The molecule has 0 radical (unpaired) electrons. The summed E-state index contributed by atoms with van der Waals surface area (Å²) >= 11 is 1.60. The Hall–Kier alpha value is -1.10. The van der Waals surface area contributed by atoms with Gasteiger partial charge in [-0.3, -0.25) is 4.79 Å². The van der Waals surface area contributed by atoms with Gasteiger partial charge in [-0.15, -0.1) is 11.3 Å². The second-order valence-corrected chi connectivity index (χ2v) is 5.12. The molecule has 1 unspecified atom stereocenters. The predicted octanol–water partition coefficient (Wildman–Crippen LogP) is 3.24. The first-order valence-electron chi connectivity index (χ1n) is 6.47. The molecule has 1 atom stereocenters.